The zero-order chi connectivity index (χ0) is 22.2. The maximum Gasteiger partial charge on any atom is 0.224 e. The van der Waals surface area contributed by atoms with Crippen LogP contribution in [0, 0.1) is 12.8 Å². The van der Waals surface area contributed by atoms with Crippen LogP contribution in [0.25, 0.3) is 20.8 Å². The maximum atomic E-state index is 9.49. The second kappa shape index (κ2) is 11.2. The van der Waals surface area contributed by atoms with Gasteiger partial charge in [0.25, 0.3) is 0 Å². The summed E-state index contributed by atoms with van der Waals surface area (Å²) in [5.41, 5.74) is 9.23. The van der Waals surface area contributed by atoms with Crippen molar-refractivity contribution in [2.75, 3.05) is 49.3 Å². The largest absolute Gasteiger partial charge is 0.399 e. The third-order valence-electron chi connectivity index (χ3n) is 5.13. The smallest absolute Gasteiger partial charge is 0.224 e. The molecule has 5 N–H and O–H groups in total. The third-order valence-corrected chi connectivity index (χ3v) is 6.18. The second-order valence-corrected chi connectivity index (χ2v) is 8.43. The van der Waals surface area contributed by atoms with Gasteiger partial charge in [0.1, 0.15) is 10.8 Å². The maximum absolute atomic E-state index is 9.49. The van der Waals surface area contributed by atoms with E-state index in [1.54, 1.807) is 11.3 Å². The van der Waals surface area contributed by atoms with Gasteiger partial charge in [-0.3, -0.25) is 0 Å². The van der Waals surface area contributed by atoms with Crippen molar-refractivity contribution in [3.63, 3.8) is 0 Å². The van der Waals surface area contributed by atoms with Crippen LogP contribution >= 0.6 is 11.3 Å². The summed E-state index contributed by atoms with van der Waals surface area (Å²) in [6, 6.07) is 5.76. The summed E-state index contributed by atoms with van der Waals surface area (Å²) in [5, 5.41) is 17.0. The highest BCUT2D eigenvalue weighted by atomic mass is 32.1. The number of benzene rings is 1. The first-order chi connectivity index (χ1) is 15.0. The number of nitrogens with one attached hydrogen (secondary N) is 2. The Morgan fingerprint density at radius 3 is 2.74 bits per heavy atom. The van der Waals surface area contributed by atoms with Crippen molar-refractivity contribution in [3.05, 3.63) is 23.9 Å². The van der Waals surface area contributed by atoms with E-state index in [0.717, 1.165) is 45.1 Å². The highest BCUT2D eigenvalue weighted by Gasteiger charge is 2.18. The zero-order valence-electron chi connectivity index (χ0n) is 18.4. The standard InChI is InChI=1S/C22H32N6O2S/c1-4-15(13-29)8-9-24-20-19(14(3)26-22(28-20)25-10-11-30-5-2)21-27-17-12-16(23)6-7-18(17)31-21/h6-7,12,15,29H,4-5,8-11,13,23H2,1-3H3,(H2,24,25,26,28). The third kappa shape index (κ3) is 6.03. The Bertz CT molecular complexity index is 990. The number of rotatable bonds is 12. The van der Waals surface area contributed by atoms with Gasteiger partial charge in [-0.25, -0.2) is 9.97 Å². The number of hydrogen-bond acceptors (Lipinski definition) is 9. The highest BCUT2D eigenvalue weighted by molar-refractivity contribution is 7.21. The number of aliphatic hydroxyl groups is 1. The number of thiazole rings is 1. The molecule has 0 saturated heterocycles. The average Bonchev–Trinajstić information content (AvgIpc) is 3.16. The highest BCUT2D eigenvalue weighted by Crippen LogP contribution is 2.36. The summed E-state index contributed by atoms with van der Waals surface area (Å²) in [4.78, 5) is 14.2. The quantitative estimate of drug-likeness (QED) is 0.245. The van der Waals surface area contributed by atoms with Gasteiger partial charge in [-0.05, 0) is 44.4 Å². The van der Waals surface area contributed by atoms with E-state index in [1.165, 1.54) is 0 Å². The summed E-state index contributed by atoms with van der Waals surface area (Å²) >= 11 is 1.60. The van der Waals surface area contributed by atoms with E-state index < -0.39 is 0 Å². The number of fused-ring (bicyclic) bond motifs is 1. The summed E-state index contributed by atoms with van der Waals surface area (Å²) < 4.78 is 6.46. The van der Waals surface area contributed by atoms with E-state index >= 15 is 0 Å². The Labute approximate surface area is 187 Å². The minimum Gasteiger partial charge on any atom is -0.399 e. The van der Waals surface area contributed by atoms with Crippen LogP contribution in [-0.4, -0.2) is 53.0 Å². The molecule has 9 heteroatoms. The minimum absolute atomic E-state index is 0.192. The van der Waals surface area contributed by atoms with Crippen LogP contribution in [0.4, 0.5) is 17.5 Å². The lowest BCUT2D eigenvalue weighted by Gasteiger charge is -2.16. The molecule has 3 rings (SSSR count). The molecule has 0 saturated carbocycles. The van der Waals surface area contributed by atoms with Crippen LogP contribution in [0.3, 0.4) is 0 Å². The molecule has 3 aromatic rings. The summed E-state index contributed by atoms with van der Waals surface area (Å²) in [7, 11) is 0. The average molecular weight is 445 g/mol. The van der Waals surface area contributed by atoms with Gasteiger partial charge in [-0.15, -0.1) is 11.3 Å². The van der Waals surface area contributed by atoms with Crippen LogP contribution in [0.5, 0.6) is 0 Å². The molecular weight excluding hydrogens is 412 g/mol. The SMILES string of the molecule is CCOCCNc1nc(C)c(-c2nc3cc(N)ccc3s2)c(NCCC(CC)CO)n1. The molecule has 168 valence electrons. The van der Waals surface area contributed by atoms with Gasteiger partial charge in [0.05, 0.1) is 28.1 Å². The van der Waals surface area contributed by atoms with E-state index in [2.05, 4.69) is 22.5 Å². The van der Waals surface area contributed by atoms with Gasteiger partial charge in [0.15, 0.2) is 0 Å². The Morgan fingerprint density at radius 2 is 2.00 bits per heavy atom. The first-order valence-corrected chi connectivity index (χ1v) is 11.6. The first kappa shape index (κ1) is 23.2. The molecule has 31 heavy (non-hydrogen) atoms. The molecule has 0 aliphatic heterocycles. The van der Waals surface area contributed by atoms with Gasteiger partial charge in [0.2, 0.25) is 5.95 Å². The molecule has 0 amide bonds. The predicted octanol–water partition coefficient (Wildman–Crippen LogP) is 3.91. The van der Waals surface area contributed by atoms with E-state index in [0.29, 0.717) is 37.9 Å². The van der Waals surface area contributed by atoms with Gasteiger partial charge in [0, 0.05) is 32.0 Å². The molecule has 0 spiro atoms. The summed E-state index contributed by atoms with van der Waals surface area (Å²) in [6.45, 7) is 8.84. The molecule has 0 fully saturated rings. The van der Waals surface area contributed by atoms with Crippen LogP contribution in [-0.2, 0) is 4.74 Å². The first-order valence-electron chi connectivity index (χ1n) is 10.8. The molecule has 1 atom stereocenters. The van der Waals surface area contributed by atoms with Gasteiger partial charge >= 0.3 is 0 Å². The number of aliphatic hydroxyl groups excluding tert-OH is 1. The van der Waals surface area contributed by atoms with Crippen molar-refractivity contribution in [2.24, 2.45) is 5.92 Å². The van der Waals surface area contributed by atoms with Crippen molar-refractivity contribution in [3.8, 4) is 10.6 Å². The van der Waals surface area contributed by atoms with Gasteiger partial charge in [-0.1, -0.05) is 13.3 Å². The van der Waals surface area contributed by atoms with Crippen LogP contribution in [0.15, 0.2) is 18.2 Å². The number of nitrogen functional groups attached to an aromatic ring is 1. The van der Waals surface area contributed by atoms with E-state index in [9.17, 15) is 5.11 Å². The molecule has 2 heterocycles. The lowest BCUT2D eigenvalue weighted by molar-refractivity contribution is 0.158. The van der Waals surface area contributed by atoms with Gasteiger partial charge in [-0.2, -0.15) is 4.98 Å². The van der Waals surface area contributed by atoms with Crippen LogP contribution in [0.1, 0.15) is 32.4 Å². The Balaban J connectivity index is 1.90. The number of nitrogens with zero attached hydrogens (tertiary/aromatic N) is 3. The molecule has 1 unspecified atom stereocenters. The molecule has 0 aliphatic carbocycles. The number of aryl methyl sites for hydroxylation is 1. The Morgan fingerprint density at radius 1 is 1.16 bits per heavy atom. The summed E-state index contributed by atoms with van der Waals surface area (Å²) in [5.74, 6) is 1.57. The van der Waals surface area contributed by atoms with Gasteiger partial charge < -0.3 is 26.2 Å². The fraction of sp³-hybridized carbons (Fsp3) is 0.500. The number of ether oxygens (including phenoxy) is 1. The van der Waals surface area contributed by atoms with Crippen molar-refractivity contribution in [1.82, 2.24) is 15.0 Å². The van der Waals surface area contributed by atoms with Crippen LogP contribution < -0.4 is 16.4 Å². The fourth-order valence-corrected chi connectivity index (χ4v) is 4.33. The summed E-state index contributed by atoms with van der Waals surface area (Å²) in [6.07, 6.45) is 1.80. The predicted molar refractivity (Wildman–Crippen MR) is 129 cm³/mol. The minimum atomic E-state index is 0.192. The molecular formula is C22H32N6O2S. The molecule has 1 aromatic carbocycles. The molecule has 0 bridgehead atoms. The van der Waals surface area contributed by atoms with E-state index in [-0.39, 0.29) is 12.5 Å². The van der Waals surface area contributed by atoms with E-state index in [1.807, 2.05) is 32.0 Å². The number of anilines is 3. The zero-order valence-corrected chi connectivity index (χ0v) is 19.3. The van der Waals surface area contributed by atoms with E-state index in [4.69, 9.17) is 20.4 Å². The molecule has 8 nitrogen and oxygen atoms in total. The Hall–Kier alpha value is -2.49. The lowest BCUT2D eigenvalue weighted by Crippen LogP contribution is -2.16. The number of hydrogen-bond donors (Lipinski definition) is 4. The Kier molecular flexibility index (Phi) is 8.39. The normalized spacial score (nSPS) is 12.3. The fourth-order valence-electron chi connectivity index (χ4n) is 3.29. The van der Waals surface area contributed by atoms with Crippen LogP contribution in [0.2, 0.25) is 0 Å². The van der Waals surface area contributed by atoms with Crippen molar-refractivity contribution < 1.29 is 9.84 Å². The van der Waals surface area contributed by atoms with Crippen molar-refractivity contribution >= 4 is 39.0 Å². The van der Waals surface area contributed by atoms with Crippen molar-refractivity contribution in [2.45, 2.75) is 33.6 Å². The second-order valence-electron chi connectivity index (χ2n) is 7.40. The monoisotopic (exact) mass is 444 g/mol. The molecule has 2 aromatic heterocycles. The number of aromatic nitrogens is 3. The molecule has 0 radical (unpaired) electrons. The molecule has 0 aliphatic rings. The van der Waals surface area contributed by atoms with Crippen molar-refractivity contribution in [1.29, 1.82) is 0 Å². The topological polar surface area (TPSA) is 118 Å². The number of nitrogens with two attached hydrogens (primary N) is 1. The lowest BCUT2D eigenvalue weighted by atomic mass is 10.0.